The summed E-state index contributed by atoms with van der Waals surface area (Å²) in [6, 6.07) is 0. The second-order valence-electron chi connectivity index (χ2n) is 4.08. The van der Waals surface area contributed by atoms with Crippen molar-refractivity contribution in [3.8, 4) is 0 Å². The van der Waals surface area contributed by atoms with Crippen molar-refractivity contribution in [2.24, 2.45) is 0 Å². The largest absolute Gasteiger partial charge is 0.465 e. The average Bonchev–Trinajstić information content (AvgIpc) is 3.04. The van der Waals surface area contributed by atoms with E-state index in [1.807, 2.05) is 5.41 Å². The van der Waals surface area contributed by atoms with Gasteiger partial charge in [0.1, 0.15) is 6.54 Å². The molecule has 114 valence electrons. The fourth-order valence-corrected chi connectivity index (χ4v) is 6.45. The lowest BCUT2D eigenvalue weighted by atomic mass is 10.5. The predicted octanol–water partition coefficient (Wildman–Crippen LogP) is 3.85. The van der Waals surface area contributed by atoms with E-state index >= 15 is 0 Å². The Kier molecular flexibility index (Phi) is 6.21. The second-order valence-corrected chi connectivity index (χ2v) is 8.98. The Morgan fingerprint density at radius 1 is 1.14 bits per heavy atom. The molecule has 1 N–H and O–H groups in total. The summed E-state index contributed by atoms with van der Waals surface area (Å²) < 4.78 is 7.13. The zero-order chi connectivity index (χ0) is 15.4. The topological polar surface area (TPSA) is 55.4 Å². The van der Waals surface area contributed by atoms with Gasteiger partial charge in [0, 0.05) is 0 Å². The molecule has 0 bridgehead atoms. The Morgan fingerprint density at radius 3 is 2.43 bits per heavy atom. The fourth-order valence-electron chi connectivity index (χ4n) is 1.42. The van der Waals surface area contributed by atoms with Crippen molar-refractivity contribution < 1.29 is 14.3 Å². The van der Waals surface area contributed by atoms with Crippen molar-refractivity contribution in [1.29, 1.82) is 0 Å². The Bertz CT molecular complexity index is 550. The number of hydrogen-bond donors (Lipinski definition) is 1. The molecule has 0 spiro atoms. The quantitative estimate of drug-likeness (QED) is 0.763. The number of hydrogen-bond acceptors (Lipinski definition) is 7. The van der Waals surface area contributed by atoms with Gasteiger partial charge in [-0.15, -0.1) is 0 Å². The van der Waals surface area contributed by atoms with Crippen LogP contribution in [0, 0.1) is 0 Å². The highest BCUT2D eigenvalue weighted by atomic mass is 32.2. The molecule has 0 aromatic rings. The first-order valence-electron chi connectivity index (χ1n) is 6.27. The first-order valence-corrected chi connectivity index (χ1v) is 9.60. The van der Waals surface area contributed by atoms with Gasteiger partial charge >= 0.3 is 5.97 Å². The normalized spacial score (nSPS) is 18.1. The summed E-state index contributed by atoms with van der Waals surface area (Å²) in [6.07, 6.45) is 0. The van der Waals surface area contributed by atoms with Crippen LogP contribution in [-0.4, -0.2) is 25.0 Å². The molecule has 0 saturated carbocycles. The highest BCUT2D eigenvalue weighted by Gasteiger charge is 2.25. The molecule has 4 nitrogen and oxygen atoms in total. The van der Waals surface area contributed by atoms with Gasteiger partial charge in [-0.05, 0) is 36.0 Å². The van der Waals surface area contributed by atoms with E-state index in [1.54, 1.807) is 42.2 Å². The van der Waals surface area contributed by atoms with Crippen molar-refractivity contribution in [1.82, 2.24) is 5.32 Å². The lowest BCUT2D eigenvalue weighted by Gasteiger charge is -2.05. The number of amides is 1. The molecule has 0 aromatic heterocycles. The SMILES string of the molecule is CCOC(=O)CNC(=O)C1=CSC(=C2SC(C)=C(C)S2)S1. The summed E-state index contributed by atoms with van der Waals surface area (Å²) >= 11 is 6.52. The van der Waals surface area contributed by atoms with Crippen LogP contribution in [0.4, 0.5) is 0 Å². The molecule has 2 aliphatic heterocycles. The summed E-state index contributed by atoms with van der Waals surface area (Å²) in [4.78, 5) is 26.4. The number of esters is 1. The van der Waals surface area contributed by atoms with Gasteiger partial charge in [-0.2, -0.15) is 0 Å². The summed E-state index contributed by atoms with van der Waals surface area (Å²) in [7, 11) is 0. The van der Waals surface area contributed by atoms with Crippen LogP contribution in [0.25, 0.3) is 0 Å². The van der Waals surface area contributed by atoms with E-state index in [0.717, 1.165) is 4.24 Å². The Hall–Kier alpha value is -0.440. The number of nitrogens with one attached hydrogen (secondary N) is 1. The lowest BCUT2D eigenvalue weighted by Crippen LogP contribution is -2.30. The molecule has 0 aromatic carbocycles. The zero-order valence-electron chi connectivity index (χ0n) is 11.8. The molecule has 0 saturated heterocycles. The maximum absolute atomic E-state index is 12.0. The van der Waals surface area contributed by atoms with Crippen LogP contribution in [0.15, 0.2) is 28.6 Å². The van der Waals surface area contributed by atoms with Crippen molar-refractivity contribution in [3.63, 3.8) is 0 Å². The van der Waals surface area contributed by atoms with Gasteiger partial charge in [0.05, 0.1) is 20.0 Å². The molecule has 0 unspecified atom stereocenters. The molecule has 1 amide bonds. The first-order chi connectivity index (χ1) is 10.0. The van der Waals surface area contributed by atoms with Crippen LogP contribution in [0.2, 0.25) is 0 Å². The second kappa shape index (κ2) is 7.71. The van der Waals surface area contributed by atoms with Gasteiger partial charge in [0.15, 0.2) is 0 Å². The summed E-state index contributed by atoms with van der Waals surface area (Å²) in [5.74, 6) is -0.649. The molecular formula is C13H15NO3S4. The van der Waals surface area contributed by atoms with Crippen LogP contribution in [0.3, 0.4) is 0 Å². The van der Waals surface area contributed by atoms with Crippen molar-refractivity contribution >= 4 is 58.9 Å². The van der Waals surface area contributed by atoms with Crippen LogP contribution in [0.1, 0.15) is 20.8 Å². The monoisotopic (exact) mass is 361 g/mol. The van der Waals surface area contributed by atoms with E-state index < -0.39 is 5.97 Å². The average molecular weight is 362 g/mol. The summed E-state index contributed by atoms with van der Waals surface area (Å²) in [6.45, 7) is 6.17. The Labute approximate surface area is 141 Å². The summed E-state index contributed by atoms with van der Waals surface area (Å²) in [5, 5.41) is 4.41. The van der Waals surface area contributed by atoms with E-state index in [1.165, 1.54) is 25.8 Å². The third kappa shape index (κ3) is 4.51. The third-order valence-electron chi connectivity index (χ3n) is 2.55. The minimum atomic E-state index is -0.418. The number of rotatable bonds is 4. The molecule has 0 radical (unpaired) electrons. The van der Waals surface area contributed by atoms with E-state index in [4.69, 9.17) is 4.74 Å². The first kappa shape index (κ1) is 16.9. The number of thioether (sulfide) groups is 4. The maximum atomic E-state index is 12.0. The highest BCUT2D eigenvalue weighted by molar-refractivity contribution is 8.34. The van der Waals surface area contributed by atoms with Gasteiger partial charge in [-0.25, -0.2) is 0 Å². The molecule has 2 rings (SSSR count). The minimum Gasteiger partial charge on any atom is -0.465 e. The Morgan fingerprint density at radius 2 is 1.81 bits per heavy atom. The van der Waals surface area contributed by atoms with Crippen molar-refractivity contribution in [3.05, 3.63) is 28.6 Å². The number of ether oxygens (including phenoxy) is 1. The third-order valence-corrected chi connectivity index (χ3v) is 8.07. The van der Waals surface area contributed by atoms with Gasteiger partial charge in [-0.1, -0.05) is 47.0 Å². The molecule has 0 fully saturated rings. The van der Waals surface area contributed by atoms with Crippen LogP contribution in [-0.2, 0) is 14.3 Å². The van der Waals surface area contributed by atoms with Crippen LogP contribution < -0.4 is 5.32 Å². The fraction of sp³-hybridized carbons (Fsp3) is 0.385. The number of allylic oxidation sites excluding steroid dienone is 2. The molecular weight excluding hydrogens is 346 g/mol. The molecule has 2 heterocycles. The Balaban J connectivity index is 1.86. The highest BCUT2D eigenvalue weighted by Crippen LogP contribution is 2.57. The van der Waals surface area contributed by atoms with E-state index in [9.17, 15) is 9.59 Å². The minimum absolute atomic E-state index is 0.0928. The lowest BCUT2D eigenvalue weighted by molar-refractivity contribution is -0.143. The van der Waals surface area contributed by atoms with Gasteiger partial charge in [0.2, 0.25) is 0 Å². The van der Waals surface area contributed by atoms with E-state index in [-0.39, 0.29) is 12.5 Å². The molecule has 8 heteroatoms. The molecule has 0 atom stereocenters. The molecule has 0 aliphatic carbocycles. The molecule has 2 aliphatic rings. The van der Waals surface area contributed by atoms with Gasteiger partial charge in [0.25, 0.3) is 5.91 Å². The zero-order valence-corrected chi connectivity index (χ0v) is 15.1. The van der Waals surface area contributed by atoms with E-state index in [2.05, 4.69) is 19.2 Å². The van der Waals surface area contributed by atoms with Crippen molar-refractivity contribution in [2.45, 2.75) is 20.8 Å². The molecule has 21 heavy (non-hydrogen) atoms. The van der Waals surface area contributed by atoms with Crippen molar-refractivity contribution in [2.75, 3.05) is 13.2 Å². The van der Waals surface area contributed by atoms with Crippen LogP contribution >= 0.6 is 47.0 Å². The van der Waals surface area contributed by atoms with Gasteiger partial charge in [-0.3, -0.25) is 9.59 Å². The standard InChI is InChI=1S/C13H15NO3S4/c1-4-17-10(15)5-14-11(16)9-6-18-12(21-9)13-19-7(2)8(3)20-13/h6H,4-5H2,1-3H3,(H,14,16). The number of carbonyl (C=O) groups excluding carboxylic acids is 2. The van der Waals surface area contributed by atoms with Crippen LogP contribution in [0.5, 0.6) is 0 Å². The maximum Gasteiger partial charge on any atom is 0.325 e. The smallest absolute Gasteiger partial charge is 0.325 e. The van der Waals surface area contributed by atoms with E-state index in [0.29, 0.717) is 11.5 Å². The summed E-state index contributed by atoms with van der Waals surface area (Å²) in [5.41, 5.74) is 0. The van der Waals surface area contributed by atoms with Gasteiger partial charge < -0.3 is 10.1 Å². The predicted molar refractivity (Wildman–Crippen MR) is 93.5 cm³/mol. The number of carbonyl (C=O) groups is 2.